The largest absolute Gasteiger partial charge is 0.462 e. The highest BCUT2D eigenvalue weighted by molar-refractivity contribution is 5.98. The lowest BCUT2D eigenvalue weighted by molar-refractivity contribution is 0.0527. The molecule has 2 aromatic heterocycles. The Labute approximate surface area is 137 Å². The van der Waals surface area contributed by atoms with Crippen molar-refractivity contribution in [2.75, 3.05) is 12.3 Å². The van der Waals surface area contributed by atoms with Crippen molar-refractivity contribution in [1.29, 1.82) is 0 Å². The number of nitrogens with zero attached hydrogens (tertiary/aromatic N) is 2. The Morgan fingerprint density at radius 1 is 1.33 bits per heavy atom. The molecule has 0 bridgehead atoms. The summed E-state index contributed by atoms with van der Waals surface area (Å²) in [5.41, 5.74) is 7.45. The second-order valence-corrected chi connectivity index (χ2v) is 4.97. The number of rotatable bonds is 4. The van der Waals surface area contributed by atoms with Crippen LogP contribution in [0.25, 0.3) is 22.6 Å². The van der Waals surface area contributed by atoms with Gasteiger partial charge in [0.05, 0.1) is 29.3 Å². The van der Waals surface area contributed by atoms with E-state index in [1.54, 1.807) is 37.3 Å². The maximum atomic E-state index is 14.2. The minimum Gasteiger partial charge on any atom is -0.462 e. The van der Waals surface area contributed by atoms with Gasteiger partial charge in [-0.25, -0.2) is 19.2 Å². The van der Waals surface area contributed by atoms with E-state index in [1.807, 2.05) is 0 Å². The Kier molecular flexibility index (Phi) is 4.24. The van der Waals surface area contributed by atoms with Gasteiger partial charge >= 0.3 is 5.97 Å². The quantitative estimate of drug-likeness (QED) is 0.719. The summed E-state index contributed by atoms with van der Waals surface area (Å²) >= 11 is 0. The van der Waals surface area contributed by atoms with Gasteiger partial charge in [-0.2, -0.15) is 0 Å². The molecule has 122 valence electrons. The molecule has 0 saturated carbocycles. The monoisotopic (exact) mass is 326 g/mol. The topological polar surface area (TPSA) is 93.9 Å². The van der Waals surface area contributed by atoms with Crippen molar-refractivity contribution in [2.24, 2.45) is 0 Å². The van der Waals surface area contributed by atoms with Gasteiger partial charge < -0.3 is 15.5 Å². The molecule has 3 N–H and O–H groups in total. The van der Waals surface area contributed by atoms with Gasteiger partial charge in [0.15, 0.2) is 0 Å². The molecule has 0 radical (unpaired) electrons. The van der Waals surface area contributed by atoms with Crippen molar-refractivity contribution < 1.29 is 13.9 Å². The van der Waals surface area contributed by atoms with Crippen molar-refractivity contribution in [3.8, 4) is 22.6 Å². The summed E-state index contributed by atoms with van der Waals surface area (Å²) in [6, 6.07) is 9.40. The predicted octanol–water partition coefficient (Wildman–Crippen LogP) is 3.04. The Balaban J connectivity index is 2.16. The smallest absolute Gasteiger partial charge is 0.340 e. The molecule has 0 atom stereocenters. The van der Waals surface area contributed by atoms with E-state index < -0.39 is 11.8 Å². The van der Waals surface area contributed by atoms with Crippen molar-refractivity contribution in [2.45, 2.75) is 6.92 Å². The molecule has 0 aliphatic heterocycles. The fourth-order valence-electron chi connectivity index (χ4n) is 2.36. The molecule has 0 fully saturated rings. The summed E-state index contributed by atoms with van der Waals surface area (Å²) in [7, 11) is 0. The molecule has 6 nitrogen and oxygen atoms in total. The van der Waals surface area contributed by atoms with E-state index in [0.29, 0.717) is 17.1 Å². The van der Waals surface area contributed by atoms with E-state index in [-0.39, 0.29) is 23.7 Å². The molecule has 0 amide bonds. The first kappa shape index (κ1) is 15.7. The highest BCUT2D eigenvalue weighted by Crippen LogP contribution is 2.30. The number of nitrogens with one attached hydrogen (secondary N) is 1. The van der Waals surface area contributed by atoms with Crippen LogP contribution in [0.4, 0.5) is 10.3 Å². The molecular formula is C17H15FN4O2. The normalized spacial score (nSPS) is 10.6. The van der Waals surface area contributed by atoms with Gasteiger partial charge in [0.1, 0.15) is 5.82 Å². The molecule has 7 heteroatoms. The van der Waals surface area contributed by atoms with Gasteiger partial charge in [-0.05, 0) is 31.2 Å². The molecule has 3 rings (SSSR count). The first-order valence-corrected chi connectivity index (χ1v) is 7.34. The number of nitrogens with two attached hydrogens (primary N) is 1. The van der Waals surface area contributed by atoms with Crippen molar-refractivity contribution in [3.63, 3.8) is 0 Å². The van der Waals surface area contributed by atoms with Crippen molar-refractivity contribution in [3.05, 3.63) is 54.0 Å². The van der Waals surface area contributed by atoms with E-state index in [2.05, 4.69) is 15.0 Å². The van der Waals surface area contributed by atoms with Crippen LogP contribution in [0.15, 0.2) is 42.6 Å². The first-order valence-electron chi connectivity index (χ1n) is 7.34. The lowest BCUT2D eigenvalue weighted by Gasteiger charge is -2.05. The molecule has 3 aromatic rings. The predicted molar refractivity (Wildman–Crippen MR) is 87.6 cm³/mol. The number of hydrogen-bond acceptors (Lipinski definition) is 5. The van der Waals surface area contributed by atoms with Crippen LogP contribution in [0, 0.1) is 5.82 Å². The van der Waals surface area contributed by atoms with E-state index in [1.165, 1.54) is 12.3 Å². The van der Waals surface area contributed by atoms with E-state index in [4.69, 9.17) is 10.5 Å². The second-order valence-electron chi connectivity index (χ2n) is 4.97. The average molecular weight is 326 g/mol. The maximum Gasteiger partial charge on any atom is 0.340 e. The Morgan fingerprint density at radius 2 is 2.12 bits per heavy atom. The van der Waals surface area contributed by atoms with Gasteiger partial charge in [-0.1, -0.05) is 12.1 Å². The highest BCUT2D eigenvalue weighted by Gasteiger charge is 2.21. The number of carbonyl (C=O) groups is 1. The van der Waals surface area contributed by atoms with Crippen LogP contribution < -0.4 is 5.73 Å². The highest BCUT2D eigenvalue weighted by atomic mass is 19.1. The number of benzene rings is 1. The van der Waals surface area contributed by atoms with Gasteiger partial charge in [-0.15, -0.1) is 0 Å². The van der Waals surface area contributed by atoms with E-state index in [9.17, 15) is 9.18 Å². The van der Waals surface area contributed by atoms with Crippen LogP contribution in [0.5, 0.6) is 0 Å². The molecule has 0 unspecified atom stereocenters. The summed E-state index contributed by atoms with van der Waals surface area (Å²) < 4.78 is 19.2. The number of halogens is 1. The lowest BCUT2D eigenvalue weighted by atomic mass is 10.1. The lowest BCUT2D eigenvalue weighted by Crippen LogP contribution is -2.05. The van der Waals surface area contributed by atoms with Gasteiger partial charge in [0.2, 0.25) is 5.95 Å². The summed E-state index contributed by atoms with van der Waals surface area (Å²) in [5.74, 6) is -0.883. The number of nitrogen functional groups attached to an aromatic ring is 1. The number of aromatic amines is 1. The number of H-pyrrole nitrogens is 1. The number of carbonyl (C=O) groups excluding carboxylic acids is 1. The van der Waals surface area contributed by atoms with Gasteiger partial charge in [0, 0.05) is 11.8 Å². The minimum absolute atomic E-state index is 0.104. The van der Waals surface area contributed by atoms with E-state index >= 15 is 0 Å². The zero-order valence-corrected chi connectivity index (χ0v) is 12.9. The van der Waals surface area contributed by atoms with Crippen LogP contribution in [0.1, 0.15) is 17.3 Å². The molecule has 1 aromatic carbocycles. The molecule has 2 heterocycles. The standard InChI is InChI=1S/C17H15FN4O2/c1-2-24-16(23)11-9-14(13-7-8-20-17(19)22-13)21-15(11)10-5-3-4-6-12(10)18/h3-9,21H,2H2,1H3,(H2,19,20,22). The molecule has 0 spiro atoms. The molecule has 0 aliphatic rings. The molecule has 24 heavy (non-hydrogen) atoms. The SMILES string of the molecule is CCOC(=O)c1cc(-c2ccnc(N)n2)[nH]c1-c1ccccc1F. The second kappa shape index (κ2) is 6.49. The third kappa shape index (κ3) is 2.96. The third-order valence-electron chi connectivity index (χ3n) is 3.41. The number of hydrogen-bond donors (Lipinski definition) is 2. The zero-order valence-electron chi connectivity index (χ0n) is 12.9. The van der Waals surface area contributed by atoms with Crippen LogP contribution in [-0.2, 0) is 4.74 Å². The number of aromatic nitrogens is 3. The average Bonchev–Trinajstić information content (AvgIpc) is 3.01. The summed E-state index contributed by atoms with van der Waals surface area (Å²) in [6.45, 7) is 1.93. The summed E-state index contributed by atoms with van der Waals surface area (Å²) in [5, 5.41) is 0. The maximum absolute atomic E-state index is 14.2. The Morgan fingerprint density at radius 3 is 2.83 bits per heavy atom. The van der Waals surface area contributed by atoms with Gasteiger partial charge in [0.25, 0.3) is 0 Å². The van der Waals surface area contributed by atoms with Crippen molar-refractivity contribution >= 4 is 11.9 Å². The van der Waals surface area contributed by atoms with Crippen LogP contribution in [-0.4, -0.2) is 27.5 Å². The summed E-state index contributed by atoms with van der Waals surface area (Å²) in [6.07, 6.45) is 1.51. The fourth-order valence-corrected chi connectivity index (χ4v) is 2.36. The molecule has 0 aliphatic carbocycles. The molecular weight excluding hydrogens is 311 g/mol. The zero-order chi connectivity index (χ0) is 17.1. The molecule has 0 saturated heterocycles. The van der Waals surface area contributed by atoms with Crippen LogP contribution >= 0.6 is 0 Å². The number of anilines is 1. The number of ether oxygens (including phenoxy) is 1. The van der Waals surface area contributed by atoms with E-state index in [0.717, 1.165) is 0 Å². The Bertz CT molecular complexity index is 892. The fraction of sp³-hybridized carbons (Fsp3) is 0.118. The van der Waals surface area contributed by atoms with Crippen LogP contribution in [0.3, 0.4) is 0 Å². The van der Waals surface area contributed by atoms with Crippen molar-refractivity contribution in [1.82, 2.24) is 15.0 Å². The van der Waals surface area contributed by atoms with Gasteiger partial charge in [-0.3, -0.25) is 0 Å². The van der Waals surface area contributed by atoms with Crippen LogP contribution in [0.2, 0.25) is 0 Å². The third-order valence-corrected chi connectivity index (χ3v) is 3.41. The minimum atomic E-state index is -0.541. The number of esters is 1. The summed E-state index contributed by atoms with van der Waals surface area (Å²) in [4.78, 5) is 23.2. The Hall–Kier alpha value is -3.22. The first-order chi connectivity index (χ1) is 11.6.